The number of benzene rings is 1. The van der Waals surface area contributed by atoms with Crippen molar-refractivity contribution in [1.82, 2.24) is 14.9 Å². The summed E-state index contributed by atoms with van der Waals surface area (Å²) in [5.41, 5.74) is 1.77. The molecular weight excluding hydrogens is 470 g/mol. The third-order valence-corrected chi connectivity index (χ3v) is 7.79. The SMILES string of the molecule is CCc1cc2c(N3CCN(C(=O)c4ccc(N(C)C)cc4)CC3)nc(SCC(=O)OC)nc2s1. The smallest absolute Gasteiger partial charge is 0.316 e. The van der Waals surface area contributed by atoms with Crippen LogP contribution in [0.5, 0.6) is 0 Å². The van der Waals surface area contributed by atoms with Gasteiger partial charge in [-0.25, -0.2) is 9.97 Å². The Morgan fingerprint density at radius 3 is 2.44 bits per heavy atom. The minimum absolute atomic E-state index is 0.0518. The van der Waals surface area contributed by atoms with Gasteiger partial charge < -0.3 is 19.4 Å². The number of anilines is 2. The number of piperazine rings is 1. The first-order valence-electron chi connectivity index (χ1n) is 11.2. The predicted octanol–water partition coefficient (Wildman–Crippen LogP) is 3.55. The standard InChI is InChI=1S/C24H29N5O3S2/c1-5-18-14-19-21(25-24(26-22(19)34-18)33-15-20(30)32-4)28-10-12-29(13-11-28)23(31)16-6-8-17(9-7-16)27(2)3/h6-9,14H,5,10-13,15H2,1-4H3. The number of carbonyl (C=O) groups excluding carboxylic acids is 2. The van der Waals surface area contributed by atoms with Gasteiger partial charge in [-0.05, 0) is 36.8 Å². The van der Waals surface area contributed by atoms with E-state index in [1.807, 2.05) is 48.2 Å². The van der Waals surface area contributed by atoms with Crippen molar-refractivity contribution in [1.29, 1.82) is 0 Å². The molecule has 0 radical (unpaired) electrons. The molecule has 1 saturated heterocycles. The normalized spacial score (nSPS) is 13.9. The molecule has 1 fully saturated rings. The molecule has 8 nitrogen and oxygen atoms in total. The molecule has 0 spiro atoms. The van der Waals surface area contributed by atoms with Gasteiger partial charge in [0.2, 0.25) is 0 Å². The van der Waals surface area contributed by atoms with Crippen LogP contribution in [-0.4, -0.2) is 79.9 Å². The first-order chi connectivity index (χ1) is 16.4. The van der Waals surface area contributed by atoms with Crippen LogP contribution in [0.15, 0.2) is 35.5 Å². The summed E-state index contributed by atoms with van der Waals surface area (Å²) in [7, 11) is 5.34. The lowest BCUT2D eigenvalue weighted by Crippen LogP contribution is -2.49. The van der Waals surface area contributed by atoms with E-state index in [2.05, 4.69) is 22.9 Å². The highest BCUT2D eigenvalue weighted by atomic mass is 32.2. The average molecular weight is 500 g/mol. The van der Waals surface area contributed by atoms with Crippen LogP contribution >= 0.6 is 23.1 Å². The summed E-state index contributed by atoms with van der Waals surface area (Å²) in [6.07, 6.45) is 0.931. The molecule has 1 aliphatic rings. The van der Waals surface area contributed by atoms with Crippen molar-refractivity contribution in [2.75, 3.05) is 62.9 Å². The van der Waals surface area contributed by atoms with Crippen LogP contribution in [0.1, 0.15) is 22.2 Å². The monoisotopic (exact) mass is 499 g/mol. The first kappa shape index (κ1) is 24.3. The molecule has 180 valence electrons. The van der Waals surface area contributed by atoms with Crippen LogP contribution in [0.25, 0.3) is 10.2 Å². The lowest BCUT2D eigenvalue weighted by atomic mass is 10.1. The van der Waals surface area contributed by atoms with Gasteiger partial charge in [-0.1, -0.05) is 18.7 Å². The number of nitrogens with zero attached hydrogens (tertiary/aromatic N) is 5. The molecule has 1 amide bonds. The molecule has 0 saturated carbocycles. The Balaban J connectivity index is 1.50. The van der Waals surface area contributed by atoms with Crippen LogP contribution in [0.3, 0.4) is 0 Å². The van der Waals surface area contributed by atoms with Crippen molar-refractivity contribution < 1.29 is 14.3 Å². The highest BCUT2D eigenvalue weighted by Crippen LogP contribution is 2.34. The Labute approximate surface area is 207 Å². The van der Waals surface area contributed by atoms with Crippen molar-refractivity contribution in [3.05, 3.63) is 40.8 Å². The maximum Gasteiger partial charge on any atom is 0.316 e. The third kappa shape index (κ3) is 5.28. The molecule has 34 heavy (non-hydrogen) atoms. The number of thioether (sulfide) groups is 1. The van der Waals surface area contributed by atoms with Crippen molar-refractivity contribution in [3.8, 4) is 0 Å². The number of thiophene rings is 1. The maximum atomic E-state index is 13.0. The summed E-state index contributed by atoms with van der Waals surface area (Å²) >= 11 is 2.94. The van der Waals surface area contributed by atoms with Gasteiger partial charge in [0.25, 0.3) is 5.91 Å². The minimum atomic E-state index is -0.304. The number of hydrogen-bond donors (Lipinski definition) is 0. The van der Waals surface area contributed by atoms with Crippen molar-refractivity contribution in [2.45, 2.75) is 18.5 Å². The average Bonchev–Trinajstić information content (AvgIpc) is 3.30. The fourth-order valence-corrected chi connectivity index (χ4v) is 5.50. The molecule has 3 heterocycles. The number of fused-ring (bicyclic) bond motifs is 1. The second-order valence-corrected chi connectivity index (χ2v) is 10.3. The van der Waals surface area contributed by atoms with Gasteiger partial charge in [-0.2, -0.15) is 0 Å². The molecule has 0 aliphatic carbocycles. The molecular formula is C24H29N5O3S2. The molecule has 3 aromatic rings. The molecule has 0 bridgehead atoms. The van der Waals surface area contributed by atoms with Gasteiger partial charge in [-0.3, -0.25) is 9.59 Å². The zero-order valence-electron chi connectivity index (χ0n) is 19.9. The van der Waals surface area contributed by atoms with Gasteiger partial charge in [0.05, 0.1) is 18.2 Å². The van der Waals surface area contributed by atoms with Crippen molar-refractivity contribution in [2.24, 2.45) is 0 Å². The number of esters is 1. The maximum absolute atomic E-state index is 13.0. The molecule has 1 aromatic carbocycles. The van der Waals surface area contributed by atoms with E-state index in [1.54, 1.807) is 11.3 Å². The van der Waals surface area contributed by atoms with Crippen LogP contribution in [0.2, 0.25) is 0 Å². The van der Waals surface area contributed by atoms with Gasteiger partial charge in [0.15, 0.2) is 5.16 Å². The number of methoxy groups -OCH3 is 1. The molecule has 4 rings (SSSR count). The fourth-order valence-electron chi connectivity index (χ4n) is 3.81. The molecule has 2 aromatic heterocycles. The highest BCUT2D eigenvalue weighted by molar-refractivity contribution is 7.99. The number of aromatic nitrogens is 2. The molecule has 0 atom stereocenters. The minimum Gasteiger partial charge on any atom is -0.468 e. The second-order valence-electron chi connectivity index (χ2n) is 8.20. The van der Waals surface area contributed by atoms with Gasteiger partial charge in [-0.15, -0.1) is 11.3 Å². The van der Waals surface area contributed by atoms with Gasteiger partial charge in [0, 0.05) is 56.4 Å². The quantitative estimate of drug-likeness (QED) is 0.278. The topological polar surface area (TPSA) is 78.9 Å². The summed E-state index contributed by atoms with van der Waals surface area (Å²) in [6.45, 7) is 4.74. The lowest BCUT2D eigenvalue weighted by molar-refractivity contribution is -0.137. The Kier molecular flexibility index (Phi) is 7.57. The number of hydrogen-bond acceptors (Lipinski definition) is 9. The van der Waals surface area contributed by atoms with Crippen LogP contribution < -0.4 is 9.80 Å². The lowest BCUT2D eigenvalue weighted by Gasteiger charge is -2.35. The Bertz CT molecular complexity index is 1170. The van der Waals surface area contributed by atoms with E-state index in [1.165, 1.54) is 23.7 Å². The zero-order valence-corrected chi connectivity index (χ0v) is 21.5. The number of carbonyl (C=O) groups is 2. The summed E-state index contributed by atoms with van der Waals surface area (Å²) in [5, 5.41) is 1.60. The summed E-state index contributed by atoms with van der Waals surface area (Å²) in [4.78, 5) is 42.4. The summed E-state index contributed by atoms with van der Waals surface area (Å²) in [5.74, 6) is 0.788. The van der Waals surface area contributed by atoms with E-state index in [4.69, 9.17) is 9.72 Å². The van der Waals surface area contributed by atoms with Crippen LogP contribution in [0, 0.1) is 0 Å². The predicted molar refractivity (Wildman–Crippen MR) is 138 cm³/mol. The number of aryl methyl sites for hydroxylation is 1. The van der Waals surface area contributed by atoms with E-state index in [9.17, 15) is 9.59 Å². The summed E-state index contributed by atoms with van der Waals surface area (Å²) < 4.78 is 4.75. The second kappa shape index (κ2) is 10.6. The molecule has 1 aliphatic heterocycles. The molecule has 0 unspecified atom stereocenters. The Hall–Kier alpha value is -2.85. The van der Waals surface area contributed by atoms with Gasteiger partial charge >= 0.3 is 5.97 Å². The highest BCUT2D eigenvalue weighted by Gasteiger charge is 2.25. The van der Waals surface area contributed by atoms with Crippen LogP contribution in [-0.2, 0) is 16.0 Å². The number of rotatable bonds is 7. The fraction of sp³-hybridized carbons (Fsp3) is 0.417. The van der Waals surface area contributed by atoms with Gasteiger partial charge in [0.1, 0.15) is 10.6 Å². The van der Waals surface area contributed by atoms with E-state index in [0.717, 1.165) is 28.1 Å². The Morgan fingerprint density at radius 2 is 1.82 bits per heavy atom. The van der Waals surface area contributed by atoms with Crippen LogP contribution in [0.4, 0.5) is 11.5 Å². The van der Waals surface area contributed by atoms with E-state index in [0.29, 0.717) is 36.9 Å². The first-order valence-corrected chi connectivity index (χ1v) is 13.0. The van der Waals surface area contributed by atoms with Crippen molar-refractivity contribution >= 4 is 56.7 Å². The van der Waals surface area contributed by atoms with E-state index in [-0.39, 0.29) is 17.6 Å². The molecule has 0 N–H and O–H groups in total. The van der Waals surface area contributed by atoms with E-state index >= 15 is 0 Å². The van der Waals surface area contributed by atoms with E-state index < -0.39 is 0 Å². The Morgan fingerprint density at radius 1 is 1.12 bits per heavy atom. The number of amides is 1. The summed E-state index contributed by atoms with van der Waals surface area (Å²) in [6, 6.07) is 9.88. The third-order valence-electron chi connectivity index (χ3n) is 5.80. The zero-order chi connectivity index (χ0) is 24.2. The molecule has 10 heteroatoms. The van der Waals surface area contributed by atoms with Crippen molar-refractivity contribution in [3.63, 3.8) is 0 Å². The number of ether oxygens (including phenoxy) is 1. The largest absolute Gasteiger partial charge is 0.468 e.